The van der Waals surface area contributed by atoms with Gasteiger partial charge in [0.15, 0.2) is 10.4 Å². The van der Waals surface area contributed by atoms with Gasteiger partial charge in [-0.1, -0.05) is 23.9 Å². The molecule has 1 atom stereocenters. The van der Waals surface area contributed by atoms with Crippen LogP contribution in [0.1, 0.15) is 0 Å². The van der Waals surface area contributed by atoms with Crippen molar-refractivity contribution in [1.82, 2.24) is 4.98 Å². The molecule has 0 saturated carbocycles. The molecule has 0 fully saturated rings. The molecule has 1 unspecified atom stereocenters. The number of thioether (sulfide) groups is 1. The maximum Gasteiger partial charge on any atom is 0.415 e. The summed E-state index contributed by atoms with van der Waals surface area (Å²) in [6, 6.07) is 7.33. The summed E-state index contributed by atoms with van der Waals surface area (Å²) < 4.78 is 37.7. The molecule has 7 heteroatoms. The summed E-state index contributed by atoms with van der Waals surface area (Å²) >= 11 is 2.24. The summed E-state index contributed by atoms with van der Waals surface area (Å²) in [5.41, 5.74) is 0.765. The van der Waals surface area contributed by atoms with Gasteiger partial charge in [0.1, 0.15) is 0 Å². The lowest BCUT2D eigenvalue weighted by molar-refractivity contribution is -0.195. The molecule has 0 amide bonds. The first-order chi connectivity index (χ1) is 7.97. The number of halogens is 3. The highest BCUT2D eigenvalue weighted by Crippen LogP contribution is 2.32. The normalized spacial score (nSPS) is 14.1. The molecule has 0 bridgehead atoms. The Hall–Kier alpha value is -0.790. The number of aliphatic hydroxyl groups excluding tert-OH is 1. The predicted molar refractivity (Wildman–Crippen MR) is 62.4 cm³/mol. The molecule has 17 heavy (non-hydrogen) atoms. The van der Waals surface area contributed by atoms with Gasteiger partial charge in [-0.2, -0.15) is 13.2 Å². The fourth-order valence-electron chi connectivity index (χ4n) is 1.16. The van der Waals surface area contributed by atoms with Gasteiger partial charge < -0.3 is 5.11 Å². The van der Waals surface area contributed by atoms with Gasteiger partial charge in [0.25, 0.3) is 0 Å². The van der Waals surface area contributed by atoms with Crippen molar-refractivity contribution in [1.29, 1.82) is 0 Å². The number of fused-ring (bicyclic) bond motifs is 1. The molecule has 2 nitrogen and oxygen atoms in total. The van der Waals surface area contributed by atoms with Crippen LogP contribution in [0.15, 0.2) is 28.6 Å². The fourth-order valence-corrected chi connectivity index (χ4v) is 3.22. The van der Waals surface area contributed by atoms with Crippen LogP contribution in [-0.4, -0.2) is 28.1 Å². The van der Waals surface area contributed by atoms with E-state index in [9.17, 15) is 13.2 Å². The lowest BCUT2D eigenvalue weighted by atomic mass is 10.3. The Balaban J connectivity index is 2.04. The second-order valence-electron chi connectivity index (χ2n) is 3.32. The van der Waals surface area contributed by atoms with Gasteiger partial charge in [-0.25, -0.2) is 4.98 Å². The van der Waals surface area contributed by atoms with E-state index in [2.05, 4.69) is 4.98 Å². The van der Waals surface area contributed by atoms with Crippen LogP contribution in [0.2, 0.25) is 0 Å². The first-order valence-electron chi connectivity index (χ1n) is 4.70. The Labute approximate surface area is 103 Å². The molecule has 0 saturated heterocycles. The van der Waals surface area contributed by atoms with E-state index in [-0.39, 0.29) is 0 Å². The van der Waals surface area contributed by atoms with E-state index in [0.29, 0.717) is 4.34 Å². The monoisotopic (exact) mass is 279 g/mol. The highest BCUT2D eigenvalue weighted by Gasteiger charge is 2.38. The third-order valence-corrected chi connectivity index (χ3v) is 4.27. The van der Waals surface area contributed by atoms with Crippen molar-refractivity contribution in [3.05, 3.63) is 24.3 Å². The molecule has 0 aliphatic carbocycles. The largest absolute Gasteiger partial charge is 0.415 e. The quantitative estimate of drug-likeness (QED) is 0.875. The van der Waals surface area contributed by atoms with Gasteiger partial charge in [-0.15, -0.1) is 11.3 Å². The van der Waals surface area contributed by atoms with Crippen molar-refractivity contribution in [2.75, 3.05) is 5.75 Å². The van der Waals surface area contributed by atoms with Gasteiger partial charge in [0.2, 0.25) is 0 Å². The Kier molecular flexibility index (Phi) is 3.60. The van der Waals surface area contributed by atoms with Gasteiger partial charge in [0.05, 0.1) is 10.2 Å². The van der Waals surface area contributed by atoms with E-state index in [1.165, 1.54) is 11.3 Å². The highest BCUT2D eigenvalue weighted by atomic mass is 32.2. The molecule has 2 aromatic rings. The number of aliphatic hydroxyl groups is 1. The number of nitrogens with zero attached hydrogens (tertiary/aromatic N) is 1. The van der Waals surface area contributed by atoms with Crippen LogP contribution in [0.25, 0.3) is 10.2 Å². The third kappa shape index (κ3) is 3.11. The Morgan fingerprint density at radius 3 is 2.71 bits per heavy atom. The number of hydrogen-bond acceptors (Lipinski definition) is 4. The van der Waals surface area contributed by atoms with Crippen LogP contribution < -0.4 is 0 Å². The number of aromatic nitrogens is 1. The minimum absolute atomic E-state index is 0.427. The van der Waals surface area contributed by atoms with Crippen molar-refractivity contribution in [2.45, 2.75) is 16.6 Å². The highest BCUT2D eigenvalue weighted by molar-refractivity contribution is 8.01. The summed E-state index contributed by atoms with van der Waals surface area (Å²) in [5.74, 6) is -0.427. The zero-order valence-electron chi connectivity index (χ0n) is 8.44. The van der Waals surface area contributed by atoms with Crippen LogP contribution in [0, 0.1) is 0 Å². The van der Waals surface area contributed by atoms with Crippen molar-refractivity contribution in [3.8, 4) is 0 Å². The maximum absolute atomic E-state index is 12.1. The van der Waals surface area contributed by atoms with E-state index >= 15 is 0 Å². The lowest BCUT2D eigenvalue weighted by Crippen LogP contribution is -2.30. The second kappa shape index (κ2) is 4.83. The summed E-state index contributed by atoms with van der Waals surface area (Å²) in [6.07, 6.45) is -6.87. The molecular weight excluding hydrogens is 271 g/mol. The SMILES string of the molecule is OC(CSc1nc2ccccc2s1)C(F)(F)F. The van der Waals surface area contributed by atoms with E-state index in [0.717, 1.165) is 22.0 Å². The van der Waals surface area contributed by atoms with Crippen molar-refractivity contribution < 1.29 is 18.3 Å². The maximum atomic E-state index is 12.1. The predicted octanol–water partition coefficient (Wildman–Crippen LogP) is 3.31. The number of rotatable bonds is 3. The second-order valence-corrected chi connectivity index (χ2v) is 5.61. The average molecular weight is 279 g/mol. The molecule has 92 valence electrons. The molecule has 0 spiro atoms. The standard InChI is InChI=1S/C10H8F3NOS2/c11-10(12,13)8(15)5-16-9-14-6-3-1-2-4-7(6)17-9/h1-4,8,15H,5H2. The number of hydrogen-bond donors (Lipinski definition) is 1. The number of para-hydroxylation sites is 1. The third-order valence-electron chi connectivity index (χ3n) is 2.02. The summed E-state index contributed by atoms with van der Waals surface area (Å²) in [4.78, 5) is 4.17. The van der Waals surface area contributed by atoms with E-state index in [1.54, 1.807) is 6.07 Å². The summed E-state index contributed by atoms with van der Waals surface area (Å²) in [7, 11) is 0. The van der Waals surface area contributed by atoms with Gasteiger partial charge in [-0.3, -0.25) is 0 Å². The van der Waals surface area contributed by atoms with Crippen molar-refractivity contribution in [3.63, 3.8) is 0 Å². The molecule has 0 aliphatic heterocycles. The molecule has 1 aromatic carbocycles. The van der Waals surface area contributed by atoms with E-state index in [1.807, 2.05) is 18.2 Å². The zero-order valence-corrected chi connectivity index (χ0v) is 10.1. The molecular formula is C10H8F3NOS2. The van der Waals surface area contributed by atoms with Crippen LogP contribution in [0.4, 0.5) is 13.2 Å². The number of thiazole rings is 1. The zero-order chi connectivity index (χ0) is 12.5. The van der Waals surface area contributed by atoms with E-state index < -0.39 is 18.0 Å². The Bertz CT molecular complexity index is 478. The summed E-state index contributed by atoms with van der Waals surface area (Å²) in [5, 5.41) is 8.85. The van der Waals surface area contributed by atoms with Crippen LogP contribution in [0.5, 0.6) is 0 Å². The first kappa shape index (κ1) is 12.7. The smallest absolute Gasteiger partial charge is 0.383 e. The molecule has 0 radical (unpaired) electrons. The molecule has 0 aliphatic rings. The van der Waals surface area contributed by atoms with Crippen LogP contribution >= 0.6 is 23.1 Å². The minimum atomic E-state index is -4.57. The van der Waals surface area contributed by atoms with Crippen LogP contribution in [-0.2, 0) is 0 Å². The molecule has 1 aromatic heterocycles. The lowest BCUT2D eigenvalue weighted by Gasteiger charge is -2.12. The Morgan fingerprint density at radius 1 is 1.35 bits per heavy atom. The first-order valence-corrected chi connectivity index (χ1v) is 6.50. The number of benzene rings is 1. The minimum Gasteiger partial charge on any atom is -0.383 e. The molecule has 2 rings (SSSR count). The van der Waals surface area contributed by atoms with Crippen LogP contribution in [0.3, 0.4) is 0 Å². The van der Waals surface area contributed by atoms with Crippen molar-refractivity contribution >= 4 is 33.3 Å². The summed E-state index contributed by atoms with van der Waals surface area (Å²) in [6.45, 7) is 0. The van der Waals surface area contributed by atoms with Gasteiger partial charge in [-0.05, 0) is 12.1 Å². The fraction of sp³-hybridized carbons (Fsp3) is 0.300. The number of alkyl halides is 3. The Morgan fingerprint density at radius 2 is 2.06 bits per heavy atom. The topological polar surface area (TPSA) is 33.1 Å². The van der Waals surface area contributed by atoms with Crippen molar-refractivity contribution in [2.24, 2.45) is 0 Å². The van der Waals surface area contributed by atoms with E-state index in [4.69, 9.17) is 5.11 Å². The molecule has 1 N–H and O–H groups in total. The average Bonchev–Trinajstić information content (AvgIpc) is 2.66. The van der Waals surface area contributed by atoms with Gasteiger partial charge in [0, 0.05) is 5.75 Å². The van der Waals surface area contributed by atoms with Gasteiger partial charge >= 0.3 is 6.18 Å². The molecule has 1 heterocycles.